The van der Waals surface area contributed by atoms with Crippen LogP contribution in [0.25, 0.3) is 6.08 Å². The third kappa shape index (κ3) is 4.63. The second-order valence-corrected chi connectivity index (χ2v) is 5.61. The summed E-state index contributed by atoms with van der Waals surface area (Å²) >= 11 is 5.93. The molecule has 2 amide bonds. The predicted molar refractivity (Wildman–Crippen MR) is 87.3 cm³/mol. The van der Waals surface area contributed by atoms with Gasteiger partial charge in [0.05, 0.1) is 13.2 Å². The van der Waals surface area contributed by atoms with Gasteiger partial charge in [0.25, 0.3) is 0 Å². The molecule has 1 saturated heterocycles. The molecule has 0 radical (unpaired) electrons. The van der Waals surface area contributed by atoms with Crippen LogP contribution in [-0.4, -0.2) is 43.2 Å². The Balaban J connectivity index is 1.92. The number of hydrogen-bond acceptors (Lipinski definition) is 4. The van der Waals surface area contributed by atoms with Crippen LogP contribution in [0, 0.1) is 0 Å². The first-order valence-electron chi connectivity index (χ1n) is 7.25. The van der Waals surface area contributed by atoms with Crippen LogP contribution in [0.2, 0.25) is 5.02 Å². The normalized spacial score (nSPS) is 17.5. The maximum Gasteiger partial charge on any atom is 0.330 e. The number of likely N-dealkylation sites (tertiary alicyclic amines) is 1. The van der Waals surface area contributed by atoms with Crippen molar-refractivity contribution in [2.24, 2.45) is 5.73 Å². The Morgan fingerprint density at radius 3 is 2.96 bits per heavy atom. The fraction of sp³-hybridized carbons (Fsp3) is 0.375. The van der Waals surface area contributed by atoms with Gasteiger partial charge in [-0.15, -0.1) is 0 Å². The second kappa shape index (κ2) is 7.87. The highest BCUT2D eigenvalue weighted by molar-refractivity contribution is 6.30. The number of carbonyl (C=O) groups excluding carboxylic acids is 2. The largest absolute Gasteiger partial charge is 0.496 e. The molecule has 124 valence electrons. The molecule has 0 bridgehead atoms. The van der Waals surface area contributed by atoms with Crippen molar-refractivity contribution in [3.8, 4) is 5.75 Å². The maximum absolute atomic E-state index is 11.8. The first-order chi connectivity index (χ1) is 11.0. The van der Waals surface area contributed by atoms with E-state index in [1.54, 1.807) is 24.3 Å². The Hall–Kier alpha value is -2.21. The lowest BCUT2D eigenvalue weighted by Crippen LogP contribution is -2.41. The zero-order valence-corrected chi connectivity index (χ0v) is 13.6. The number of nitrogens with zero attached hydrogens (tertiary/aromatic N) is 1. The SMILES string of the molecule is COc1ccc(Cl)cc1/C=C/C(=O)OCC1CCCN1C(N)=O. The highest BCUT2D eigenvalue weighted by Gasteiger charge is 2.27. The van der Waals surface area contributed by atoms with E-state index in [1.165, 1.54) is 18.1 Å². The molecule has 0 saturated carbocycles. The highest BCUT2D eigenvalue weighted by atomic mass is 35.5. The Morgan fingerprint density at radius 1 is 1.48 bits per heavy atom. The summed E-state index contributed by atoms with van der Waals surface area (Å²) in [4.78, 5) is 24.6. The van der Waals surface area contributed by atoms with Crippen LogP contribution in [0.4, 0.5) is 4.79 Å². The summed E-state index contributed by atoms with van der Waals surface area (Å²) in [6, 6.07) is 4.48. The summed E-state index contributed by atoms with van der Waals surface area (Å²) in [6.07, 6.45) is 4.52. The average molecular weight is 339 g/mol. The zero-order valence-electron chi connectivity index (χ0n) is 12.8. The van der Waals surface area contributed by atoms with Gasteiger partial charge in [0.1, 0.15) is 12.4 Å². The molecule has 1 fully saturated rings. The molecule has 1 aliphatic heterocycles. The van der Waals surface area contributed by atoms with Crippen molar-refractivity contribution in [2.45, 2.75) is 18.9 Å². The molecule has 1 heterocycles. The first-order valence-corrected chi connectivity index (χ1v) is 7.63. The lowest BCUT2D eigenvalue weighted by molar-refractivity contribution is -0.138. The van der Waals surface area contributed by atoms with Gasteiger partial charge in [-0.3, -0.25) is 0 Å². The number of rotatable bonds is 5. The molecule has 1 aliphatic rings. The Kier molecular flexibility index (Phi) is 5.87. The Labute approximate surface area is 139 Å². The molecule has 1 atom stereocenters. The van der Waals surface area contributed by atoms with Crippen molar-refractivity contribution in [3.63, 3.8) is 0 Å². The van der Waals surface area contributed by atoms with E-state index in [2.05, 4.69) is 0 Å². The summed E-state index contributed by atoms with van der Waals surface area (Å²) in [6.45, 7) is 0.742. The summed E-state index contributed by atoms with van der Waals surface area (Å²) < 4.78 is 10.4. The fourth-order valence-corrected chi connectivity index (χ4v) is 2.70. The monoisotopic (exact) mass is 338 g/mol. The van der Waals surface area contributed by atoms with Crippen molar-refractivity contribution < 1.29 is 19.1 Å². The number of hydrogen-bond donors (Lipinski definition) is 1. The third-order valence-electron chi connectivity index (χ3n) is 3.67. The molecule has 7 heteroatoms. The van der Waals surface area contributed by atoms with Crippen molar-refractivity contribution in [2.75, 3.05) is 20.3 Å². The van der Waals surface area contributed by atoms with Crippen LogP contribution >= 0.6 is 11.6 Å². The Morgan fingerprint density at radius 2 is 2.26 bits per heavy atom. The topological polar surface area (TPSA) is 81.9 Å². The van der Waals surface area contributed by atoms with Crippen LogP contribution in [0.3, 0.4) is 0 Å². The van der Waals surface area contributed by atoms with Crippen LogP contribution in [0.1, 0.15) is 18.4 Å². The number of ether oxygens (including phenoxy) is 2. The number of benzene rings is 1. The van der Waals surface area contributed by atoms with Crippen LogP contribution in [-0.2, 0) is 9.53 Å². The van der Waals surface area contributed by atoms with E-state index in [-0.39, 0.29) is 12.6 Å². The van der Waals surface area contributed by atoms with E-state index < -0.39 is 12.0 Å². The van der Waals surface area contributed by atoms with Gasteiger partial charge in [0, 0.05) is 23.2 Å². The van der Waals surface area contributed by atoms with E-state index in [4.69, 9.17) is 26.8 Å². The zero-order chi connectivity index (χ0) is 16.8. The quantitative estimate of drug-likeness (QED) is 0.660. The maximum atomic E-state index is 11.8. The van der Waals surface area contributed by atoms with Gasteiger partial charge in [0.2, 0.25) is 0 Å². The van der Waals surface area contributed by atoms with Crippen molar-refractivity contribution >= 4 is 29.7 Å². The molecule has 0 aliphatic carbocycles. The second-order valence-electron chi connectivity index (χ2n) is 5.18. The molecule has 23 heavy (non-hydrogen) atoms. The Bertz CT molecular complexity index is 618. The van der Waals surface area contributed by atoms with E-state index >= 15 is 0 Å². The minimum absolute atomic E-state index is 0.138. The van der Waals surface area contributed by atoms with Gasteiger partial charge >= 0.3 is 12.0 Å². The smallest absolute Gasteiger partial charge is 0.330 e. The molecule has 1 aromatic rings. The standard InChI is InChI=1S/C16H19ClN2O4/c1-22-14-6-5-12(17)9-11(14)4-7-15(20)23-10-13-3-2-8-19(13)16(18)21/h4-7,9,13H,2-3,8,10H2,1H3,(H2,18,21)/b7-4+. The lowest BCUT2D eigenvalue weighted by atomic mass is 10.2. The van der Waals surface area contributed by atoms with Crippen LogP contribution in [0.5, 0.6) is 5.75 Å². The summed E-state index contributed by atoms with van der Waals surface area (Å²) in [5.41, 5.74) is 5.96. The molecule has 1 unspecified atom stereocenters. The van der Waals surface area contributed by atoms with Gasteiger partial charge < -0.3 is 20.1 Å². The summed E-state index contributed by atoms with van der Waals surface area (Å²) in [5, 5.41) is 0.543. The molecule has 6 nitrogen and oxygen atoms in total. The van der Waals surface area contributed by atoms with Gasteiger partial charge in [-0.1, -0.05) is 11.6 Å². The predicted octanol–water partition coefficient (Wildman–Crippen LogP) is 2.45. The highest BCUT2D eigenvalue weighted by Crippen LogP contribution is 2.24. The first kappa shape index (κ1) is 17.1. The lowest BCUT2D eigenvalue weighted by Gasteiger charge is -2.21. The van der Waals surface area contributed by atoms with Gasteiger partial charge in [-0.25, -0.2) is 9.59 Å². The van der Waals surface area contributed by atoms with Crippen LogP contribution < -0.4 is 10.5 Å². The fourth-order valence-electron chi connectivity index (χ4n) is 2.52. The minimum atomic E-state index is -0.497. The molecule has 1 aromatic carbocycles. The number of urea groups is 1. The molecule has 0 spiro atoms. The number of primary amides is 1. The van der Waals surface area contributed by atoms with E-state index in [1.807, 2.05) is 0 Å². The third-order valence-corrected chi connectivity index (χ3v) is 3.90. The number of esters is 1. The molecule has 0 aromatic heterocycles. The van der Waals surface area contributed by atoms with E-state index in [9.17, 15) is 9.59 Å². The minimum Gasteiger partial charge on any atom is -0.496 e. The summed E-state index contributed by atoms with van der Waals surface area (Å²) in [5.74, 6) is 0.109. The van der Waals surface area contributed by atoms with Crippen molar-refractivity contribution in [3.05, 3.63) is 34.9 Å². The van der Waals surface area contributed by atoms with Gasteiger partial charge in [-0.05, 0) is 37.1 Å². The van der Waals surface area contributed by atoms with Gasteiger partial charge in [-0.2, -0.15) is 0 Å². The molecule has 2 rings (SSSR count). The summed E-state index contributed by atoms with van der Waals surface area (Å²) in [7, 11) is 1.54. The van der Waals surface area contributed by atoms with Crippen LogP contribution in [0.15, 0.2) is 24.3 Å². The molecular weight excluding hydrogens is 320 g/mol. The molecule has 2 N–H and O–H groups in total. The van der Waals surface area contributed by atoms with Gasteiger partial charge in [0.15, 0.2) is 0 Å². The van der Waals surface area contributed by atoms with Crippen molar-refractivity contribution in [1.82, 2.24) is 4.90 Å². The number of nitrogens with two attached hydrogens (primary N) is 1. The number of carbonyl (C=O) groups is 2. The molecular formula is C16H19ClN2O4. The number of amides is 2. The van der Waals surface area contributed by atoms with E-state index in [0.29, 0.717) is 22.9 Å². The number of halogens is 1. The average Bonchev–Trinajstić information content (AvgIpc) is 3.00. The van der Waals surface area contributed by atoms with Crippen molar-refractivity contribution in [1.29, 1.82) is 0 Å². The van der Waals surface area contributed by atoms with E-state index in [0.717, 1.165) is 12.8 Å². The number of methoxy groups -OCH3 is 1.